The van der Waals surface area contributed by atoms with E-state index in [9.17, 15) is 32.7 Å². The molecule has 0 saturated carbocycles. The van der Waals surface area contributed by atoms with Crippen molar-refractivity contribution in [1.29, 1.82) is 0 Å². The number of nitrogens with zero attached hydrogens (tertiary/aromatic N) is 2. The fourth-order valence-electron chi connectivity index (χ4n) is 4.02. The van der Waals surface area contributed by atoms with E-state index in [1.54, 1.807) is 0 Å². The molecule has 0 aliphatic carbocycles. The zero-order chi connectivity index (χ0) is 24.4. The lowest BCUT2D eigenvalue weighted by atomic mass is 9.92. The lowest BCUT2D eigenvalue weighted by molar-refractivity contribution is -0.119. The molecule has 33 heavy (non-hydrogen) atoms. The van der Waals surface area contributed by atoms with Crippen LogP contribution in [0.4, 0.5) is 25.0 Å². The average molecular weight is 493 g/mol. The fraction of sp³-hybridized carbons (Fsp3) is 0.579. The monoisotopic (exact) mass is 493 g/mol. The number of phosphoric ester groups is 1. The molecule has 3 rings (SSSR count). The molecule has 3 N–H and O–H groups in total. The summed E-state index contributed by atoms with van der Waals surface area (Å²) in [5.41, 5.74) is -1.62. The molecule has 0 aromatic heterocycles. The summed E-state index contributed by atoms with van der Waals surface area (Å²) < 4.78 is 56.3. The zero-order valence-electron chi connectivity index (χ0n) is 18.1. The van der Waals surface area contributed by atoms with E-state index in [0.29, 0.717) is 0 Å². The molecule has 0 spiro atoms. The highest BCUT2D eigenvalue weighted by Gasteiger charge is 2.42. The van der Waals surface area contributed by atoms with E-state index >= 15 is 0 Å². The number of hydrogen-bond donors (Lipinski definition) is 3. The van der Waals surface area contributed by atoms with E-state index in [-0.39, 0.29) is 62.9 Å². The molecular weight excluding hydrogens is 467 g/mol. The SMILES string of the molecule is COCC1(OP(=O)(O)O)CCN(c2c(F)cc(N3C[C@H](CNC(C)=O)OC3=O)cc2F)CC1. The topological polar surface area (TPSA) is 138 Å². The number of ether oxygens (including phenoxy) is 2. The van der Waals surface area contributed by atoms with Gasteiger partial charge in [0.1, 0.15) is 17.4 Å². The van der Waals surface area contributed by atoms with Gasteiger partial charge in [-0.1, -0.05) is 0 Å². The summed E-state index contributed by atoms with van der Waals surface area (Å²) in [7, 11) is -3.44. The lowest BCUT2D eigenvalue weighted by Gasteiger charge is -2.41. The number of carbonyl (C=O) groups excluding carboxylic acids is 2. The minimum absolute atomic E-state index is 0.0142. The van der Waals surface area contributed by atoms with E-state index in [1.165, 1.54) is 18.9 Å². The summed E-state index contributed by atoms with van der Waals surface area (Å²) in [4.78, 5) is 44.1. The number of cyclic esters (lactones) is 1. The third-order valence-electron chi connectivity index (χ3n) is 5.48. The minimum Gasteiger partial charge on any atom is -0.442 e. The van der Waals surface area contributed by atoms with Crippen molar-refractivity contribution in [2.75, 3.05) is 49.7 Å². The van der Waals surface area contributed by atoms with Crippen molar-refractivity contribution >= 4 is 31.2 Å². The predicted octanol–water partition coefficient (Wildman–Crippen LogP) is 1.52. The third kappa shape index (κ3) is 6.18. The minimum atomic E-state index is -4.80. The molecule has 2 amide bonds. The van der Waals surface area contributed by atoms with Gasteiger partial charge in [0.25, 0.3) is 0 Å². The number of hydrogen-bond acceptors (Lipinski definition) is 7. The van der Waals surface area contributed by atoms with Crippen LogP contribution in [0.15, 0.2) is 12.1 Å². The Bertz CT molecular complexity index is 928. The van der Waals surface area contributed by atoms with Crippen LogP contribution in [-0.2, 0) is 23.4 Å². The second kappa shape index (κ2) is 9.90. The summed E-state index contributed by atoms with van der Waals surface area (Å²) in [5.74, 6) is -2.11. The maximum atomic E-state index is 14.9. The van der Waals surface area contributed by atoms with Gasteiger partial charge in [-0.3, -0.25) is 14.2 Å². The molecule has 2 saturated heterocycles. The van der Waals surface area contributed by atoms with Gasteiger partial charge in [0, 0.05) is 39.3 Å². The first-order valence-corrected chi connectivity index (χ1v) is 11.7. The molecular formula is C19H26F2N3O8P. The number of methoxy groups -OCH3 is 1. The molecule has 2 aliphatic rings. The predicted molar refractivity (Wildman–Crippen MR) is 112 cm³/mol. The molecule has 1 aromatic carbocycles. The van der Waals surface area contributed by atoms with Crippen LogP contribution in [0, 0.1) is 11.6 Å². The molecule has 0 bridgehead atoms. The largest absolute Gasteiger partial charge is 0.470 e. The lowest BCUT2D eigenvalue weighted by Crippen LogP contribution is -2.48. The molecule has 14 heteroatoms. The Morgan fingerprint density at radius 3 is 2.42 bits per heavy atom. The number of phosphoric acid groups is 1. The Balaban J connectivity index is 1.73. The Kier molecular flexibility index (Phi) is 7.59. The maximum Gasteiger partial charge on any atom is 0.470 e. The van der Waals surface area contributed by atoms with Crippen molar-refractivity contribution in [2.24, 2.45) is 0 Å². The highest BCUT2D eigenvalue weighted by Crippen LogP contribution is 2.46. The first kappa shape index (κ1) is 25.3. The number of benzene rings is 1. The third-order valence-corrected chi connectivity index (χ3v) is 6.10. The van der Waals surface area contributed by atoms with Crippen LogP contribution >= 0.6 is 7.82 Å². The van der Waals surface area contributed by atoms with Gasteiger partial charge in [-0.25, -0.2) is 18.1 Å². The fourth-order valence-corrected chi connectivity index (χ4v) is 4.76. The molecule has 1 atom stereocenters. The van der Waals surface area contributed by atoms with Crippen molar-refractivity contribution in [2.45, 2.75) is 31.5 Å². The number of carbonyl (C=O) groups is 2. The van der Waals surface area contributed by atoms with Gasteiger partial charge in [-0.05, 0) is 12.8 Å². The highest BCUT2D eigenvalue weighted by atomic mass is 31.2. The summed E-state index contributed by atoms with van der Waals surface area (Å²) in [6.45, 7) is 1.43. The van der Waals surface area contributed by atoms with Gasteiger partial charge in [0.05, 0.1) is 25.4 Å². The Morgan fingerprint density at radius 1 is 1.30 bits per heavy atom. The van der Waals surface area contributed by atoms with Crippen LogP contribution in [0.1, 0.15) is 19.8 Å². The molecule has 2 fully saturated rings. The molecule has 0 unspecified atom stereocenters. The van der Waals surface area contributed by atoms with Crippen LogP contribution < -0.4 is 15.1 Å². The van der Waals surface area contributed by atoms with E-state index in [0.717, 1.165) is 17.0 Å². The quantitative estimate of drug-likeness (QED) is 0.460. The normalized spacial score (nSPS) is 20.7. The van der Waals surface area contributed by atoms with Gasteiger partial charge in [-0.2, -0.15) is 0 Å². The van der Waals surface area contributed by atoms with Gasteiger partial charge in [-0.15, -0.1) is 0 Å². The number of piperidine rings is 1. The van der Waals surface area contributed by atoms with Crippen LogP contribution in [-0.4, -0.2) is 73.4 Å². The first-order chi connectivity index (χ1) is 15.4. The van der Waals surface area contributed by atoms with Crippen LogP contribution in [0.3, 0.4) is 0 Å². The van der Waals surface area contributed by atoms with Crippen LogP contribution in [0.5, 0.6) is 0 Å². The van der Waals surface area contributed by atoms with Gasteiger partial charge < -0.3 is 29.5 Å². The van der Waals surface area contributed by atoms with E-state index < -0.39 is 37.3 Å². The van der Waals surface area contributed by atoms with Crippen molar-refractivity contribution in [3.63, 3.8) is 0 Å². The van der Waals surface area contributed by atoms with Gasteiger partial charge >= 0.3 is 13.9 Å². The number of amides is 2. The second-order valence-electron chi connectivity index (χ2n) is 8.00. The van der Waals surface area contributed by atoms with Crippen molar-refractivity contribution in [3.8, 4) is 0 Å². The van der Waals surface area contributed by atoms with Crippen LogP contribution in [0.25, 0.3) is 0 Å². The number of anilines is 2. The molecule has 11 nitrogen and oxygen atoms in total. The highest BCUT2D eigenvalue weighted by molar-refractivity contribution is 7.46. The van der Waals surface area contributed by atoms with E-state index in [1.807, 2.05) is 0 Å². The Hall–Kier alpha value is -2.31. The molecule has 2 heterocycles. The molecule has 184 valence electrons. The second-order valence-corrected chi connectivity index (χ2v) is 9.16. The standard InChI is InChI=1S/C19H26F2N3O8P/c1-12(25)22-9-14-10-24(18(26)31-14)13-7-15(20)17(16(21)8-13)23-5-3-19(4-6-23,11-30-2)32-33(27,28)29/h7-8,14H,3-6,9-11H2,1-2H3,(H,22,25)(H2,27,28,29)/t14-/m0/s1. The summed E-state index contributed by atoms with van der Waals surface area (Å²) >= 11 is 0. The zero-order valence-corrected chi connectivity index (χ0v) is 19.0. The summed E-state index contributed by atoms with van der Waals surface area (Å²) in [6, 6.07) is 2.03. The molecule has 2 aliphatic heterocycles. The van der Waals surface area contributed by atoms with Gasteiger partial charge in [0.2, 0.25) is 5.91 Å². The van der Waals surface area contributed by atoms with Gasteiger partial charge in [0.15, 0.2) is 11.6 Å². The van der Waals surface area contributed by atoms with Crippen molar-refractivity contribution in [3.05, 3.63) is 23.8 Å². The summed E-state index contributed by atoms with van der Waals surface area (Å²) in [6.07, 6.45) is -1.31. The summed E-state index contributed by atoms with van der Waals surface area (Å²) in [5, 5.41) is 2.52. The average Bonchev–Trinajstić information content (AvgIpc) is 3.07. The van der Waals surface area contributed by atoms with E-state index in [2.05, 4.69) is 5.32 Å². The van der Waals surface area contributed by atoms with Crippen molar-refractivity contribution < 1.29 is 46.7 Å². The number of nitrogens with one attached hydrogen (secondary N) is 1. The number of rotatable bonds is 8. The smallest absolute Gasteiger partial charge is 0.442 e. The van der Waals surface area contributed by atoms with Crippen LogP contribution in [0.2, 0.25) is 0 Å². The number of halogens is 2. The first-order valence-electron chi connectivity index (χ1n) is 10.1. The molecule has 1 aromatic rings. The Labute approximate surface area is 188 Å². The van der Waals surface area contributed by atoms with E-state index in [4.69, 9.17) is 14.0 Å². The molecule has 0 radical (unpaired) electrons. The Morgan fingerprint density at radius 2 is 1.91 bits per heavy atom. The maximum absolute atomic E-state index is 14.9. The van der Waals surface area contributed by atoms with Crippen molar-refractivity contribution in [1.82, 2.24) is 5.32 Å².